The van der Waals surface area contributed by atoms with Gasteiger partial charge >= 0.3 is 6.03 Å². The molecule has 2 aliphatic rings. The molecule has 0 bridgehead atoms. The molecule has 1 aromatic carbocycles. The Labute approximate surface area is 132 Å². The molecule has 120 valence electrons. The van der Waals surface area contributed by atoms with Crippen LogP contribution in [-0.2, 0) is 6.42 Å². The molecule has 2 aliphatic heterocycles. The molecule has 2 fully saturated rings. The van der Waals surface area contributed by atoms with Crippen LogP contribution in [0.2, 0.25) is 0 Å². The molecule has 2 saturated heterocycles. The highest BCUT2D eigenvalue weighted by Crippen LogP contribution is 2.24. The van der Waals surface area contributed by atoms with E-state index in [4.69, 9.17) is 0 Å². The molecule has 0 spiro atoms. The van der Waals surface area contributed by atoms with Crippen molar-refractivity contribution in [1.82, 2.24) is 9.80 Å². The Kier molecular flexibility index (Phi) is 4.86. The van der Waals surface area contributed by atoms with Gasteiger partial charge in [-0.3, -0.25) is 0 Å². The van der Waals surface area contributed by atoms with Gasteiger partial charge in [0.25, 0.3) is 0 Å². The fraction of sp³-hybridized carbons (Fsp3) is 0.611. The third-order valence-electron chi connectivity index (χ3n) is 4.95. The van der Waals surface area contributed by atoms with E-state index >= 15 is 0 Å². The predicted molar refractivity (Wildman–Crippen MR) is 87.0 cm³/mol. The van der Waals surface area contributed by atoms with Crippen LogP contribution in [0.3, 0.4) is 0 Å². The Bertz CT molecular complexity index is 494. The van der Waals surface area contributed by atoms with E-state index < -0.39 is 0 Å². The molecule has 1 aromatic rings. The zero-order chi connectivity index (χ0) is 15.4. The van der Waals surface area contributed by atoms with Gasteiger partial charge in [0.05, 0.1) is 0 Å². The Morgan fingerprint density at radius 2 is 1.73 bits per heavy atom. The molecule has 0 aliphatic carbocycles. The zero-order valence-electron chi connectivity index (χ0n) is 13.2. The molecule has 0 saturated carbocycles. The summed E-state index contributed by atoms with van der Waals surface area (Å²) in [6.45, 7) is 2.77. The zero-order valence-corrected chi connectivity index (χ0v) is 13.2. The first-order valence-electron chi connectivity index (χ1n) is 8.57. The molecule has 2 heterocycles. The maximum atomic E-state index is 12.7. The van der Waals surface area contributed by atoms with Crippen molar-refractivity contribution in [2.75, 3.05) is 19.6 Å². The molecular formula is C18H26N2O2. The van der Waals surface area contributed by atoms with Gasteiger partial charge in [-0.25, -0.2) is 4.79 Å². The van der Waals surface area contributed by atoms with Crippen molar-refractivity contribution in [3.63, 3.8) is 0 Å². The van der Waals surface area contributed by atoms with Crippen LogP contribution in [0.1, 0.15) is 44.1 Å². The number of aryl methyl sites for hydroxylation is 1. The number of rotatable bonds is 3. The van der Waals surface area contributed by atoms with Crippen LogP contribution in [0, 0.1) is 0 Å². The van der Waals surface area contributed by atoms with E-state index in [1.165, 1.54) is 12.0 Å². The first-order chi connectivity index (χ1) is 10.7. The van der Waals surface area contributed by atoms with Crippen molar-refractivity contribution in [3.8, 4) is 5.75 Å². The maximum absolute atomic E-state index is 12.7. The van der Waals surface area contributed by atoms with Crippen LogP contribution in [0.15, 0.2) is 24.3 Å². The average molecular weight is 302 g/mol. The van der Waals surface area contributed by atoms with Crippen molar-refractivity contribution >= 4 is 6.03 Å². The summed E-state index contributed by atoms with van der Waals surface area (Å²) in [5, 5.41) is 9.35. The van der Waals surface area contributed by atoms with Crippen LogP contribution >= 0.6 is 0 Å². The summed E-state index contributed by atoms with van der Waals surface area (Å²) in [5.74, 6) is 0.312. The molecule has 4 heteroatoms. The van der Waals surface area contributed by atoms with Gasteiger partial charge in [-0.2, -0.15) is 0 Å². The Balaban J connectivity index is 1.59. The van der Waals surface area contributed by atoms with Gasteiger partial charge in [0.1, 0.15) is 5.75 Å². The quantitative estimate of drug-likeness (QED) is 0.930. The number of aromatic hydroxyl groups is 1. The van der Waals surface area contributed by atoms with Gasteiger partial charge in [-0.15, -0.1) is 0 Å². The van der Waals surface area contributed by atoms with E-state index in [1.54, 1.807) is 12.1 Å². The molecule has 22 heavy (non-hydrogen) atoms. The average Bonchev–Trinajstić information content (AvgIpc) is 3.08. The fourth-order valence-corrected chi connectivity index (χ4v) is 3.64. The van der Waals surface area contributed by atoms with E-state index in [9.17, 15) is 9.90 Å². The third kappa shape index (κ3) is 3.54. The Morgan fingerprint density at radius 1 is 1.05 bits per heavy atom. The normalized spacial score (nSPS) is 22.1. The van der Waals surface area contributed by atoms with Gasteiger partial charge in [-0.05, 0) is 62.6 Å². The minimum Gasteiger partial charge on any atom is -0.508 e. The monoisotopic (exact) mass is 302 g/mol. The number of amides is 2. The van der Waals surface area contributed by atoms with Gasteiger partial charge in [0.15, 0.2) is 0 Å². The van der Waals surface area contributed by atoms with Crippen molar-refractivity contribution in [2.24, 2.45) is 0 Å². The summed E-state index contributed by atoms with van der Waals surface area (Å²) in [4.78, 5) is 16.8. The lowest BCUT2D eigenvalue weighted by molar-refractivity contribution is 0.119. The number of benzene rings is 1. The number of likely N-dealkylation sites (tertiary alicyclic amines) is 2. The summed E-state index contributed by atoms with van der Waals surface area (Å²) in [6.07, 6.45) is 7.77. The molecule has 1 N–H and O–H groups in total. The Morgan fingerprint density at radius 3 is 2.45 bits per heavy atom. The van der Waals surface area contributed by atoms with Gasteiger partial charge in [-0.1, -0.05) is 12.1 Å². The van der Waals surface area contributed by atoms with Gasteiger partial charge in [0, 0.05) is 25.7 Å². The first kappa shape index (κ1) is 15.2. The minimum absolute atomic E-state index is 0.257. The number of carbonyl (C=O) groups excluding carboxylic acids is 1. The third-order valence-corrected chi connectivity index (χ3v) is 4.95. The molecule has 1 atom stereocenters. The highest BCUT2D eigenvalue weighted by Gasteiger charge is 2.30. The number of hydrogen-bond donors (Lipinski definition) is 1. The summed E-state index contributed by atoms with van der Waals surface area (Å²) >= 11 is 0. The number of nitrogens with zero attached hydrogens (tertiary/aromatic N) is 2. The number of hydrogen-bond acceptors (Lipinski definition) is 2. The maximum Gasteiger partial charge on any atom is 0.320 e. The molecule has 1 unspecified atom stereocenters. The minimum atomic E-state index is 0.257. The number of phenols is 1. The van der Waals surface area contributed by atoms with Crippen molar-refractivity contribution < 1.29 is 9.90 Å². The highest BCUT2D eigenvalue weighted by atomic mass is 16.3. The van der Waals surface area contributed by atoms with E-state index in [0.717, 1.165) is 58.2 Å². The lowest BCUT2D eigenvalue weighted by atomic mass is 9.96. The standard InChI is InChI=1S/C18H26N2O2/c21-17-10-7-15(8-11-17)6-9-16-5-1-2-14-20(16)18(22)19-12-3-4-13-19/h7-8,10-11,16,21H,1-6,9,12-14H2. The number of piperidine rings is 1. The summed E-state index contributed by atoms with van der Waals surface area (Å²) in [5.41, 5.74) is 1.23. The second-order valence-electron chi connectivity index (χ2n) is 6.52. The lowest BCUT2D eigenvalue weighted by Gasteiger charge is -2.38. The molecule has 4 nitrogen and oxygen atoms in total. The molecule has 3 rings (SSSR count). The van der Waals surface area contributed by atoms with E-state index in [2.05, 4.69) is 4.90 Å². The van der Waals surface area contributed by atoms with E-state index in [1.807, 2.05) is 17.0 Å². The first-order valence-corrected chi connectivity index (χ1v) is 8.57. The van der Waals surface area contributed by atoms with Crippen molar-refractivity contribution in [3.05, 3.63) is 29.8 Å². The lowest BCUT2D eigenvalue weighted by Crippen LogP contribution is -2.49. The van der Waals surface area contributed by atoms with Gasteiger partial charge < -0.3 is 14.9 Å². The van der Waals surface area contributed by atoms with Crippen molar-refractivity contribution in [2.45, 2.75) is 51.0 Å². The summed E-state index contributed by atoms with van der Waals surface area (Å²) in [7, 11) is 0. The second kappa shape index (κ2) is 7.03. The predicted octanol–water partition coefficient (Wildman–Crippen LogP) is 3.40. The molecule has 0 radical (unpaired) electrons. The Hall–Kier alpha value is -1.71. The largest absolute Gasteiger partial charge is 0.508 e. The smallest absolute Gasteiger partial charge is 0.320 e. The van der Waals surface area contributed by atoms with E-state index in [-0.39, 0.29) is 6.03 Å². The number of urea groups is 1. The van der Waals surface area contributed by atoms with Crippen LogP contribution < -0.4 is 0 Å². The van der Waals surface area contributed by atoms with E-state index in [0.29, 0.717) is 11.8 Å². The second-order valence-corrected chi connectivity index (χ2v) is 6.52. The SMILES string of the molecule is O=C(N1CCCC1)N1CCCCC1CCc1ccc(O)cc1. The van der Waals surface area contributed by atoms with Crippen LogP contribution in [0.25, 0.3) is 0 Å². The molecular weight excluding hydrogens is 276 g/mol. The number of phenolic OH excluding ortho intramolecular Hbond substituents is 1. The van der Waals surface area contributed by atoms with Crippen LogP contribution in [0.5, 0.6) is 5.75 Å². The fourth-order valence-electron chi connectivity index (χ4n) is 3.64. The number of carbonyl (C=O) groups is 1. The van der Waals surface area contributed by atoms with Crippen LogP contribution in [0.4, 0.5) is 4.79 Å². The van der Waals surface area contributed by atoms with Crippen molar-refractivity contribution in [1.29, 1.82) is 0 Å². The molecule has 2 amide bonds. The summed E-state index contributed by atoms with van der Waals surface area (Å²) < 4.78 is 0. The molecule has 0 aromatic heterocycles. The summed E-state index contributed by atoms with van der Waals surface area (Å²) in [6, 6.07) is 8.06. The van der Waals surface area contributed by atoms with Gasteiger partial charge in [0.2, 0.25) is 0 Å². The topological polar surface area (TPSA) is 43.8 Å². The highest BCUT2D eigenvalue weighted by molar-refractivity contribution is 5.75. The van der Waals surface area contributed by atoms with Crippen LogP contribution in [-0.4, -0.2) is 46.6 Å².